The molecule has 1 aliphatic heterocycles. The second-order valence-electron chi connectivity index (χ2n) is 6.46. The number of anilines is 1. The Kier molecular flexibility index (Phi) is 5.43. The summed E-state index contributed by atoms with van der Waals surface area (Å²) >= 11 is 0. The van der Waals surface area contributed by atoms with Crippen molar-refractivity contribution in [1.29, 1.82) is 0 Å². The van der Waals surface area contributed by atoms with E-state index in [0.29, 0.717) is 12.2 Å². The number of nitrogens with zero attached hydrogens (tertiary/aromatic N) is 2. The van der Waals surface area contributed by atoms with Gasteiger partial charge in [-0.3, -0.25) is 14.8 Å². The highest BCUT2D eigenvalue weighted by Gasteiger charge is 2.28. The number of H-pyrrole nitrogens is 1. The summed E-state index contributed by atoms with van der Waals surface area (Å²) in [5.74, 6) is -0.429. The monoisotopic (exact) mass is 348 g/mol. The first-order valence-corrected chi connectivity index (χ1v) is 8.44. The lowest BCUT2D eigenvalue weighted by Crippen LogP contribution is -2.40. The number of amides is 1. The van der Waals surface area contributed by atoms with Crippen LogP contribution in [0.3, 0.4) is 0 Å². The molecule has 1 aliphatic rings. The van der Waals surface area contributed by atoms with Gasteiger partial charge < -0.3 is 5.32 Å². The molecule has 2 aromatic rings. The van der Waals surface area contributed by atoms with E-state index in [2.05, 4.69) is 32.5 Å². The van der Waals surface area contributed by atoms with Gasteiger partial charge in [-0.25, -0.2) is 8.78 Å². The van der Waals surface area contributed by atoms with Crippen molar-refractivity contribution in [2.24, 2.45) is 5.92 Å². The highest BCUT2D eigenvalue weighted by Crippen LogP contribution is 2.28. The van der Waals surface area contributed by atoms with E-state index in [0.717, 1.165) is 25.9 Å². The molecule has 25 heavy (non-hydrogen) atoms. The van der Waals surface area contributed by atoms with Crippen LogP contribution in [0.4, 0.5) is 14.5 Å². The van der Waals surface area contributed by atoms with Crippen molar-refractivity contribution >= 4 is 11.6 Å². The summed E-state index contributed by atoms with van der Waals surface area (Å²) in [7, 11) is 0. The predicted molar refractivity (Wildman–Crippen MR) is 91.4 cm³/mol. The Morgan fingerprint density at radius 3 is 2.88 bits per heavy atom. The molecule has 5 nitrogen and oxygen atoms in total. The zero-order valence-corrected chi connectivity index (χ0v) is 14.1. The van der Waals surface area contributed by atoms with Gasteiger partial charge in [-0.1, -0.05) is 30.3 Å². The van der Waals surface area contributed by atoms with E-state index in [4.69, 9.17) is 0 Å². The van der Waals surface area contributed by atoms with Crippen LogP contribution in [-0.4, -0.2) is 34.1 Å². The molecule has 1 atom stereocenters. The maximum absolute atomic E-state index is 13.0. The molecule has 0 radical (unpaired) electrons. The minimum atomic E-state index is -2.72. The number of aromatic amines is 1. The smallest absolute Gasteiger partial charge is 0.284 e. The van der Waals surface area contributed by atoms with Gasteiger partial charge in [0.05, 0.1) is 17.3 Å². The van der Waals surface area contributed by atoms with Crippen LogP contribution >= 0.6 is 0 Å². The number of aryl methyl sites for hydroxylation is 1. The number of carbonyl (C=O) groups excluding carboxylic acids is 1. The van der Waals surface area contributed by atoms with Crippen molar-refractivity contribution in [2.45, 2.75) is 32.7 Å². The van der Waals surface area contributed by atoms with Gasteiger partial charge >= 0.3 is 0 Å². The van der Waals surface area contributed by atoms with Crippen molar-refractivity contribution < 1.29 is 13.6 Å². The lowest BCUT2D eigenvalue weighted by molar-refractivity contribution is -0.121. The fourth-order valence-electron chi connectivity index (χ4n) is 3.24. The number of alkyl halides is 2. The fraction of sp³-hybridized carbons (Fsp3) is 0.444. The molecule has 0 unspecified atom stereocenters. The molecule has 1 amide bonds. The van der Waals surface area contributed by atoms with Gasteiger partial charge in [0.1, 0.15) is 0 Å². The number of halogens is 2. The van der Waals surface area contributed by atoms with Gasteiger partial charge in [0.25, 0.3) is 6.43 Å². The molecule has 2 heterocycles. The Balaban J connectivity index is 1.63. The lowest BCUT2D eigenvalue weighted by Gasteiger charge is -2.32. The summed E-state index contributed by atoms with van der Waals surface area (Å²) in [6, 6.07) is 10.1. The van der Waals surface area contributed by atoms with Crippen LogP contribution in [0.15, 0.2) is 30.3 Å². The summed E-state index contributed by atoms with van der Waals surface area (Å²) in [5, 5.41) is 8.75. The molecule has 0 aliphatic carbocycles. The molecule has 134 valence electrons. The van der Waals surface area contributed by atoms with Crippen molar-refractivity contribution in [3.05, 3.63) is 47.3 Å². The minimum absolute atomic E-state index is 0.111. The standard InChI is InChI=1S/C18H22F2N4O/c1-12-15(16(17(19)20)23-22-12)21-18(25)14-8-5-9-24(11-14)10-13-6-3-2-4-7-13/h2-4,6-7,14,17H,5,8-11H2,1H3,(H,21,25)(H,22,23)/t14-/m0/s1. The van der Waals surface area contributed by atoms with E-state index in [9.17, 15) is 13.6 Å². The Bertz CT molecular complexity index is 717. The molecular weight excluding hydrogens is 326 g/mol. The number of nitrogens with one attached hydrogen (secondary N) is 2. The van der Waals surface area contributed by atoms with Gasteiger partial charge in [-0.15, -0.1) is 0 Å². The second kappa shape index (κ2) is 7.74. The van der Waals surface area contributed by atoms with Crippen molar-refractivity contribution in [1.82, 2.24) is 15.1 Å². The highest BCUT2D eigenvalue weighted by atomic mass is 19.3. The SMILES string of the molecule is Cc1[nH]nc(C(F)F)c1NC(=O)[C@H]1CCCN(Cc2ccccc2)C1. The molecule has 2 N–H and O–H groups in total. The highest BCUT2D eigenvalue weighted by molar-refractivity contribution is 5.93. The van der Waals surface area contributed by atoms with Crippen LogP contribution in [0.1, 0.15) is 36.2 Å². The number of carbonyl (C=O) groups is 1. The summed E-state index contributed by atoms with van der Waals surface area (Å²) in [5.41, 5.74) is 1.36. The first-order chi connectivity index (χ1) is 12.0. The summed E-state index contributed by atoms with van der Waals surface area (Å²) in [6.45, 7) is 3.97. The van der Waals surface area contributed by atoms with E-state index in [1.165, 1.54) is 5.56 Å². The molecule has 0 saturated carbocycles. The van der Waals surface area contributed by atoms with E-state index in [1.807, 2.05) is 18.2 Å². The van der Waals surface area contributed by atoms with Crippen LogP contribution < -0.4 is 5.32 Å². The third-order valence-electron chi connectivity index (χ3n) is 4.56. The van der Waals surface area contributed by atoms with Gasteiger partial charge in [0.2, 0.25) is 5.91 Å². The van der Waals surface area contributed by atoms with Gasteiger partial charge in [0, 0.05) is 13.1 Å². The molecule has 0 spiro atoms. The van der Waals surface area contributed by atoms with Crippen LogP contribution in [0, 0.1) is 12.8 Å². The Labute approximate surface area is 145 Å². The normalized spacial score (nSPS) is 18.5. The maximum Gasteiger partial charge on any atom is 0.284 e. The first kappa shape index (κ1) is 17.5. The lowest BCUT2D eigenvalue weighted by atomic mass is 9.96. The van der Waals surface area contributed by atoms with Crippen LogP contribution in [0.25, 0.3) is 0 Å². The number of likely N-dealkylation sites (tertiary alicyclic amines) is 1. The maximum atomic E-state index is 13.0. The molecule has 1 fully saturated rings. The van der Waals surface area contributed by atoms with Crippen LogP contribution in [0.5, 0.6) is 0 Å². The predicted octanol–water partition coefficient (Wildman–Crippen LogP) is 3.51. The van der Waals surface area contributed by atoms with Crippen molar-refractivity contribution in [2.75, 3.05) is 18.4 Å². The van der Waals surface area contributed by atoms with Crippen LogP contribution in [0.2, 0.25) is 0 Å². The Morgan fingerprint density at radius 1 is 1.40 bits per heavy atom. The third-order valence-corrected chi connectivity index (χ3v) is 4.56. The third kappa shape index (κ3) is 4.22. The van der Waals surface area contributed by atoms with E-state index >= 15 is 0 Å². The topological polar surface area (TPSA) is 61.0 Å². The summed E-state index contributed by atoms with van der Waals surface area (Å²) in [6.07, 6.45) is -1.05. The van der Waals surface area contributed by atoms with Crippen molar-refractivity contribution in [3.63, 3.8) is 0 Å². The van der Waals surface area contributed by atoms with Crippen molar-refractivity contribution in [3.8, 4) is 0 Å². The summed E-state index contributed by atoms with van der Waals surface area (Å²) < 4.78 is 26.0. The summed E-state index contributed by atoms with van der Waals surface area (Å²) in [4.78, 5) is 14.8. The molecule has 1 saturated heterocycles. The fourth-order valence-corrected chi connectivity index (χ4v) is 3.24. The zero-order valence-electron chi connectivity index (χ0n) is 14.1. The number of hydrogen-bond donors (Lipinski definition) is 2. The quantitative estimate of drug-likeness (QED) is 0.869. The number of aromatic nitrogens is 2. The Hall–Kier alpha value is -2.28. The van der Waals surface area contributed by atoms with Gasteiger partial charge in [-0.2, -0.15) is 5.10 Å². The molecular formula is C18H22F2N4O. The number of rotatable bonds is 5. The van der Waals surface area contributed by atoms with E-state index < -0.39 is 12.1 Å². The van der Waals surface area contributed by atoms with E-state index in [1.54, 1.807) is 6.92 Å². The molecule has 7 heteroatoms. The molecule has 3 rings (SSSR count). The number of benzene rings is 1. The largest absolute Gasteiger partial charge is 0.323 e. The molecule has 1 aromatic heterocycles. The number of hydrogen-bond acceptors (Lipinski definition) is 3. The Morgan fingerprint density at radius 2 is 2.16 bits per heavy atom. The zero-order chi connectivity index (χ0) is 17.8. The van der Waals surface area contributed by atoms with Crippen LogP contribution in [-0.2, 0) is 11.3 Å². The average Bonchev–Trinajstić information content (AvgIpc) is 2.97. The number of piperidine rings is 1. The van der Waals surface area contributed by atoms with E-state index in [-0.39, 0.29) is 17.5 Å². The molecule has 0 bridgehead atoms. The average molecular weight is 348 g/mol. The van der Waals surface area contributed by atoms with Gasteiger partial charge in [-0.05, 0) is 31.9 Å². The first-order valence-electron chi connectivity index (χ1n) is 8.44. The van der Waals surface area contributed by atoms with Gasteiger partial charge in [0.15, 0.2) is 5.69 Å². The molecule has 1 aromatic carbocycles. The minimum Gasteiger partial charge on any atom is -0.323 e. The second-order valence-corrected chi connectivity index (χ2v) is 6.46.